The van der Waals surface area contributed by atoms with Gasteiger partial charge < -0.3 is 15.0 Å². The number of fused-ring (bicyclic) bond motifs is 1. The minimum absolute atomic E-state index is 0.0647. The van der Waals surface area contributed by atoms with E-state index in [1.807, 2.05) is 61.5 Å². The average molecular weight is 455 g/mol. The van der Waals surface area contributed by atoms with Gasteiger partial charge in [-0.25, -0.2) is 0 Å². The molecule has 170 valence electrons. The van der Waals surface area contributed by atoms with Crippen LogP contribution in [0.1, 0.15) is 31.4 Å². The van der Waals surface area contributed by atoms with Crippen LogP contribution < -0.4 is 10.2 Å². The van der Waals surface area contributed by atoms with Crippen molar-refractivity contribution in [3.8, 4) is 0 Å². The number of amides is 2. The molecule has 0 fully saturated rings. The van der Waals surface area contributed by atoms with Crippen molar-refractivity contribution < 1.29 is 19.1 Å². The van der Waals surface area contributed by atoms with Crippen molar-refractivity contribution in [1.29, 1.82) is 0 Å². The molecule has 2 aromatic carbocycles. The van der Waals surface area contributed by atoms with E-state index in [1.54, 1.807) is 11.8 Å². The number of nitrogens with one attached hydrogen (secondary N) is 1. The Balaban J connectivity index is 1.38. The Morgan fingerprint density at radius 3 is 2.56 bits per heavy atom. The van der Waals surface area contributed by atoms with Gasteiger partial charge in [0, 0.05) is 12.2 Å². The molecule has 6 nitrogen and oxygen atoms in total. The summed E-state index contributed by atoms with van der Waals surface area (Å²) in [6.45, 7) is 4.61. The van der Waals surface area contributed by atoms with Crippen LogP contribution in [0.5, 0.6) is 0 Å². The Morgan fingerprint density at radius 2 is 1.78 bits per heavy atom. The molecule has 2 amide bonds. The number of hydrogen-bond donors (Lipinski definition) is 1. The lowest BCUT2D eigenvalue weighted by Crippen LogP contribution is -2.39. The Morgan fingerprint density at radius 1 is 1.06 bits per heavy atom. The molecule has 1 N–H and O–H groups in total. The van der Waals surface area contributed by atoms with Crippen LogP contribution in [0, 0.1) is 5.92 Å². The molecular weight excluding hydrogens is 424 g/mol. The number of ether oxygens (including phenoxy) is 1. The van der Waals surface area contributed by atoms with Crippen molar-refractivity contribution in [1.82, 2.24) is 5.32 Å². The van der Waals surface area contributed by atoms with Gasteiger partial charge in [-0.3, -0.25) is 14.4 Å². The van der Waals surface area contributed by atoms with Crippen LogP contribution in [-0.2, 0) is 32.1 Å². The Bertz CT molecular complexity index is 935. The smallest absolute Gasteiger partial charge is 0.237 e. The second-order valence-corrected chi connectivity index (χ2v) is 8.98. The highest BCUT2D eigenvalue weighted by molar-refractivity contribution is 8.14. The molecule has 0 spiro atoms. The number of carbonyl (C=O) groups excluding carboxylic acids is 3. The largest absolute Gasteiger partial charge is 0.373 e. The maximum atomic E-state index is 12.6. The van der Waals surface area contributed by atoms with Crippen molar-refractivity contribution in [2.24, 2.45) is 5.92 Å². The number of para-hydroxylation sites is 1. The molecular formula is C25H30N2O4S. The number of carbonyl (C=O) groups is 3. The van der Waals surface area contributed by atoms with Crippen LogP contribution >= 0.6 is 11.8 Å². The fourth-order valence-electron chi connectivity index (χ4n) is 3.54. The summed E-state index contributed by atoms with van der Waals surface area (Å²) in [5.74, 6) is -0.660. The molecule has 2 aromatic rings. The van der Waals surface area contributed by atoms with Crippen LogP contribution in [-0.4, -0.2) is 41.9 Å². The fourth-order valence-corrected chi connectivity index (χ4v) is 4.16. The number of aryl methyl sites for hydroxylation is 1. The molecule has 0 saturated carbocycles. The lowest BCUT2D eigenvalue weighted by Gasteiger charge is -2.29. The van der Waals surface area contributed by atoms with E-state index in [-0.39, 0.29) is 35.3 Å². The molecule has 0 radical (unpaired) electrons. The molecule has 32 heavy (non-hydrogen) atoms. The molecule has 3 rings (SSSR count). The second-order valence-electron chi connectivity index (χ2n) is 7.95. The van der Waals surface area contributed by atoms with Gasteiger partial charge in [0.25, 0.3) is 0 Å². The summed E-state index contributed by atoms with van der Waals surface area (Å²) < 4.78 is 5.79. The number of anilines is 1. The lowest BCUT2D eigenvalue weighted by atomic mass is 10.0. The minimum atomic E-state index is -0.400. The maximum absolute atomic E-state index is 12.6. The molecule has 1 aliphatic rings. The van der Waals surface area contributed by atoms with Crippen LogP contribution in [0.4, 0.5) is 5.69 Å². The summed E-state index contributed by atoms with van der Waals surface area (Å²) in [4.78, 5) is 39.0. The average Bonchev–Trinajstić information content (AvgIpc) is 2.84. The number of nitrogens with zero attached hydrogens (tertiary/aromatic N) is 1. The number of benzene rings is 2. The zero-order valence-electron chi connectivity index (χ0n) is 18.6. The second kappa shape index (κ2) is 11.8. The summed E-state index contributed by atoms with van der Waals surface area (Å²) in [6.07, 6.45) is 1.59. The standard InChI is InChI=1S/C25H30N2O4S/c1-18(19(2)31-16-20-9-4-3-5-10-20)25(30)26-15-24(29)32-17-23(28)27-14-8-12-21-11-6-7-13-22(21)27/h3-7,9-11,13,18-19H,8,12,14-17H2,1-2H3,(H,26,30)/t18-,19?/m0/s1. The summed E-state index contributed by atoms with van der Waals surface area (Å²) in [5, 5.41) is 2.43. The van der Waals surface area contributed by atoms with Gasteiger partial charge in [-0.15, -0.1) is 0 Å². The van der Waals surface area contributed by atoms with Crippen molar-refractivity contribution in [3.63, 3.8) is 0 Å². The molecule has 0 aliphatic carbocycles. The van der Waals surface area contributed by atoms with Gasteiger partial charge >= 0.3 is 0 Å². The third-order valence-electron chi connectivity index (χ3n) is 5.65. The normalized spacial score (nSPS) is 14.9. The molecule has 0 aromatic heterocycles. The van der Waals surface area contributed by atoms with E-state index < -0.39 is 5.92 Å². The zero-order chi connectivity index (χ0) is 22.9. The monoisotopic (exact) mass is 454 g/mol. The SMILES string of the molecule is CC(OCc1ccccc1)[C@H](C)C(=O)NCC(=O)SCC(=O)N1CCCc2ccccc21. The van der Waals surface area contributed by atoms with Crippen molar-refractivity contribution in [3.05, 3.63) is 65.7 Å². The fraction of sp³-hybridized carbons (Fsp3) is 0.400. The van der Waals surface area contributed by atoms with Gasteiger partial charge in [-0.05, 0) is 37.0 Å². The van der Waals surface area contributed by atoms with Gasteiger partial charge in [-0.2, -0.15) is 0 Å². The lowest BCUT2D eigenvalue weighted by molar-refractivity contribution is -0.130. The summed E-state index contributed by atoms with van der Waals surface area (Å²) >= 11 is 0.946. The molecule has 1 heterocycles. The van der Waals surface area contributed by atoms with E-state index in [1.165, 1.54) is 0 Å². The molecule has 0 bridgehead atoms. The van der Waals surface area contributed by atoms with E-state index in [2.05, 4.69) is 5.32 Å². The highest BCUT2D eigenvalue weighted by atomic mass is 32.2. The Labute approximate surface area is 193 Å². The van der Waals surface area contributed by atoms with E-state index in [0.29, 0.717) is 13.2 Å². The number of hydrogen-bond acceptors (Lipinski definition) is 5. The first kappa shape index (κ1) is 24.0. The number of thioether (sulfide) groups is 1. The highest BCUT2D eigenvalue weighted by Crippen LogP contribution is 2.27. The van der Waals surface area contributed by atoms with E-state index in [9.17, 15) is 14.4 Å². The van der Waals surface area contributed by atoms with Gasteiger partial charge in [0.1, 0.15) is 0 Å². The van der Waals surface area contributed by atoms with Crippen LogP contribution in [0.15, 0.2) is 54.6 Å². The molecule has 0 saturated heterocycles. The van der Waals surface area contributed by atoms with Gasteiger partial charge in [0.05, 0.1) is 30.9 Å². The van der Waals surface area contributed by atoms with Crippen molar-refractivity contribution in [2.75, 3.05) is 23.7 Å². The third kappa shape index (κ3) is 6.68. The van der Waals surface area contributed by atoms with E-state index in [0.717, 1.165) is 41.4 Å². The highest BCUT2D eigenvalue weighted by Gasteiger charge is 2.24. The minimum Gasteiger partial charge on any atom is -0.373 e. The van der Waals surface area contributed by atoms with Gasteiger partial charge in [0.2, 0.25) is 16.9 Å². The first-order valence-electron chi connectivity index (χ1n) is 10.9. The maximum Gasteiger partial charge on any atom is 0.237 e. The van der Waals surface area contributed by atoms with Crippen LogP contribution in [0.3, 0.4) is 0 Å². The Kier molecular flexibility index (Phi) is 8.88. The van der Waals surface area contributed by atoms with Crippen LogP contribution in [0.2, 0.25) is 0 Å². The summed E-state index contributed by atoms with van der Waals surface area (Å²) in [5.41, 5.74) is 3.14. The third-order valence-corrected chi connectivity index (χ3v) is 6.51. The predicted octanol–water partition coefficient (Wildman–Crippen LogP) is 3.58. The Hall–Kier alpha value is -2.64. The van der Waals surface area contributed by atoms with Crippen LogP contribution in [0.25, 0.3) is 0 Å². The number of rotatable bonds is 9. The molecule has 2 atom stereocenters. The van der Waals surface area contributed by atoms with Crippen molar-refractivity contribution in [2.45, 2.75) is 39.4 Å². The molecule has 1 unspecified atom stereocenters. The van der Waals surface area contributed by atoms with Gasteiger partial charge in [0.15, 0.2) is 0 Å². The topological polar surface area (TPSA) is 75.7 Å². The first-order chi connectivity index (χ1) is 15.5. The summed E-state index contributed by atoms with van der Waals surface area (Å²) in [6, 6.07) is 17.6. The quantitative estimate of drug-likeness (QED) is 0.627. The van der Waals surface area contributed by atoms with E-state index in [4.69, 9.17) is 4.74 Å². The van der Waals surface area contributed by atoms with E-state index >= 15 is 0 Å². The molecule has 1 aliphatic heterocycles. The zero-order valence-corrected chi connectivity index (χ0v) is 19.4. The molecule has 7 heteroatoms. The summed E-state index contributed by atoms with van der Waals surface area (Å²) in [7, 11) is 0. The van der Waals surface area contributed by atoms with Crippen molar-refractivity contribution >= 4 is 34.4 Å². The van der Waals surface area contributed by atoms with Gasteiger partial charge in [-0.1, -0.05) is 67.2 Å². The predicted molar refractivity (Wildman–Crippen MR) is 127 cm³/mol. The first-order valence-corrected chi connectivity index (χ1v) is 11.9.